The van der Waals surface area contributed by atoms with Crippen LogP contribution in [0.25, 0.3) is 0 Å². The minimum Gasteiger partial charge on any atom is -0.368 e. The smallest absolute Gasteiger partial charge is 0.274 e. The van der Waals surface area contributed by atoms with Gasteiger partial charge < -0.3 is 9.80 Å². The van der Waals surface area contributed by atoms with Gasteiger partial charge >= 0.3 is 0 Å². The lowest BCUT2D eigenvalue weighted by Gasteiger charge is -2.37. The number of carbonyl (C=O) groups excluding carboxylic acids is 1. The van der Waals surface area contributed by atoms with Crippen LogP contribution in [0.2, 0.25) is 0 Å². The van der Waals surface area contributed by atoms with Crippen LogP contribution in [0.5, 0.6) is 0 Å². The Labute approximate surface area is 175 Å². The van der Waals surface area contributed by atoms with Crippen molar-refractivity contribution >= 4 is 33.0 Å². The molecule has 0 radical (unpaired) electrons. The Morgan fingerprint density at radius 1 is 1.07 bits per heavy atom. The highest BCUT2D eigenvalue weighted by Gasteiger charge is 2.29. The average Bonchev–Trinajstić information content (AvgIpc) is 2.72. The zero-order valence-corrected chi connectivity index (χ0v) is 17.7. The number of sulfonamides is 1. The average molecular weight is 433 g/mol. The molecule has 0 atom stereocenters. The summed E-state index contributed by atoms with van der Waals surface area (Å²) in [6.07, 6.45) is 0.992. The number of para-hydroxylation sites is 1. The summed E-state index contributed by atoms with van der Waals surface area (Å²) in [5.74, 6) is -0.334. The number of hydrogen-bond donors (Lipinski definition) is 0. The zero-order valence-electron chi connectivity index (χ0n) is 16.9. The summed E-state index contributed by atoms with van der Waals surface area (Å²) in [5, 5.41) is 11.2. The molecule has 1 fully saturated rings. The Hall–Kier alpha value is -3.14. The molecule has 0 bridgehead atoms. The van der Waals surface area contributed by atoms with E-state index in [1.807, 2.05) is 30.3 Å². The Morgan fingerprint density at radius 3 is 2.27 bits per heavy atom. The summed E-state index contributed by atoms with van der Waals surface area (Å²) in [7, 11) is -3.82. The van der Waals surface area contributed by atoms with Gasteiger partial charge in [-0.25, -0.2) is 8.42 Å². The van der Waals surface area contributed by atoms with E-state index in [1.165, 1.54) is 25.1 Å². The second-order valence-electron chi connectivity index (χ2n) is 7.15. The molecule has 0 unspecified atom stereocenters. The lowest BCUT2D eigenvalue weighted by atomic mass is 10.1. The van der Waals surface area contributed by atoms with Crippen LogP contribution in [0, 0.1) is 17.0 Å². The first-order valence-electron chi connectivity index (χ1n) is 9.48. The van der Waals surface area contributed by atoms with Gasteiger partial charge in [0.25, 0.3) is 5.69 Å². The first-order chi connectivity index (χ1) is 14.2. The molecule has 0 N–H and O–H groups in total. The third-order valence-electron chi connectivity index (χ3n) is 5.17. The van der Waals surface area contributed by atoms with E-state index in [2.05, 4.69) is 4.90 Å². The lowest BCUT2D eigenvalue weighted by molar-refractivity contribution is -0.385. The van der Waals surface area contributed by atoms with Gasteiger partial charge in [0, 0.05) is 37.9 Å². The maximum absolute atomic E-state index is 12.9. The predicted molar refractivity (Wildman–Crippen MR) is 115 cm³/mol. The Kier molecular flexibility index (Phi) is 6.25. The van der Waals surface area contributed by atoms with Crippen LogP contribution in [-0.2, 0) is 14.8 Å². The largest absolute Gasteiger partial charge is 0.368 e. The summed E-state index contributed by atoms with van der Waals surface area (Å²) >= 11 is 0. The van der Waals surface area contributed by atoms with Crippen molar-refractivity contribution in [3.63, 3.8) is 0 Å². The summed E-state index contributed by atoms with van der Waals surface area (Å²) in [6, 6.07) is 14.1. The number of piperazine rings is 1. The van der Waals surface area contributed by atoms with Gasteiger partial charge in [0.15, 0.2) is 0 Å². The third kappa shape index (κ3) is 4.70. The number of hydrogen-bond acceptors (Lipinski definition) is 6. The molecule has 3 rings (SSSR count). The molecule has 9 nitrogen and oxygen atoms in total. The fraction of sp³-hybridized carbons (Fsp3) is 0.350. The maximum Gasteiger partial charge on any atom is 0.274 e. The number of nitro groups is 1. The van der Waals surface area contributed by atoms with Gasteiger partial charge in [-0.2, -0.15) is 0 Å². The molecule has 1 saturated heterocycles. The van der Waals surface area contributed by atoms with Crippen molar-refractivity contribution in [1.29, 1.82) is 0 Å². The molecule has 2 aromatic rings. The van der Waals surface area contributed by atoms with E-state index in [9.17, 15) is 23.3 Å². The molecular weight excluding hydrogens is 408 g/mol. The Bertz CT molecular complexity index is 1030. The van der Waals surface area contributed by atoms with Crippen molar-refractivity contribution in [2.45, 2.75) is 6.92 Å². The van der Waals surface area contributed by atoms with E-state index in [4.69, 9.17) is 0 Å². The van der Waals surface area contributed by atoms with Crippen molar-refractivity contribution < 1.29 is 18.1 Å². The van der Waals surface area contributed by atoms with E-state index in [0.29, 0.717) is 26.2 Å². The number of nitro benzene ring substituents is 1. The second-order valence-corrected chi connectivity index (χ2v) is 9.06. The number of carbonyl (C=O) groups is 1. The quantitative estimate of drug-likeness (QED) is 0.511. The number of nitrogens with zero attached hydrogens (tertiary/aromatic N) is 4. The standard InChI is InChI=1S/C20H24N4O5S/c1-16-18(9-6-10-19(16)24(26)27)23(30(2,28)29)15-20(25)22-13-11-21(12-14-22)17-7-4-3-5-8-17/h3-10H,11-15H2,1-2H3. The van der Waals surface area contributed by atoms with Gasteiger partial charge in [-0.15, -0.1) is 0 Å². The molecule has 2 aromatic carbocycles. The molecule has 0 spiro atoms. The summed E-state index contributed by atoms with van der Waals surface area (Å²) < 4.78 is 25.7. The lowest BCUT2D eigenvalue weighted by Crippen LogP contribution is -2.52. The number of anilines is 2. The zero-order chi connectivity index (χ0) is 21.9. The topological polar surface area (TPSA) is 104 Å². The van der Waals surface area contributed by atoms with E-state index < -0.39 is 21.5 Å². The van der Waals surface area contributed by atoms with Crippen LogP contribution >= 0.6 is 0 Å². The van der Waals surface area contributed by atoms with Gasteiger partial charge in [0.2, 0.25) is 15.9 Å². The van der Waals surface area contributed by atoms with Crippen LogP contribution in [-0.4, -0.2) is 63.1 Å². The molecule has 1 aliphatic rings. The summed E-state index contributed by atoms with van der Waals surface area (Å²) in [6.45, 7) is 3.31. The Balaban J connectivity index is 1.75. The SMILES string of the molecule is Cc1c(N(CC(=O)N2CCN(c3ccccc3)CC2)S(C)(=O)=O)cccc1[N+](=O)[O-]. The number of rotatable bonds is 6. The molecule has 30 heavy (non-hydrogen) atoms. The van der Waals surface area contributed by atoms with E-state index >= 15 is 0 Å². The van der Waals surface area contributed by atoms with Crippen molar-refractivity contribution in [2.24, 2.45) is 0 Å². The molecule has 160 valence electrons. The van der Waals surface area contributed by atoms with Crippen LogP contribution < -0.4 is 9.21 Å². The monoisotopic (exact) mass is 432 g/mol. The molecular formula is C20H24N4O5S. The highest BCUT2D eigenvalue weighted by molar-refractivity contribution is 7.92. The van der Waals surface area contributed by atoms with Crippen molar-refractivity contribution in [1.82, 2.24) is 4.90 Å². The minimum atomic E-state index is -3.82. The van der Waals surface area contributed by atoms with Crippen LogP contribution in [0.1, 0.15) is 5.56 Å². The molecule has 1 heterocycles. The predicted octanol–water partition coefficient (Wildman–Crippen LogP) is 2.02. The van der Waals surface area contributed by atoms with Gasteiger partial charge in [0.1, 0.15) is 6.54 Å². The first-order valence-corrected chi connectivity index (χ1v) is 11.3. The summed E-state index contributed by atoms with van der Waals surface area (Å²) in [5.41, 5.74) is 1.23. The van der Waals surface area contributed by atoms with Crippen LogP contribution in [0.3, 0.4) is 0 Å². The van der Waals surface area contributed by atoms with Gasteiger partial charge in [-0.05, 0) is 25.1 Å². The van der Waals surface area contributed by atoms with Crippen molar-refractivity contribution in [3.8, 4) is 0 Å². The maximum atomic E-state index is 12.9. The molecule has 10 heteroatoms. The van der Waals surface area contributed by atoms with Gasteiger partial charge in [-0.3, -0.25) is 19.2 Å². The molecule has 0 aromatic heterocycles. The molecule has 0 saturated carbocycles. The highest BCUT2D eigenvalue weighted by Crippen LogP contribution is 2.29. The van der Waals surface area contributed by atoms with Crippen LogP contribution in [0.15, 0.2) is 48.5 Å². The third-order valence-corrected chi connectivity index (χ3v) is 6.30. The summed E-state index contributed by atoms with van der Waals surface area (Å²) in [4.78, 5) is 27.3. The Morgan fingerprint density at radius 2 is 1.70 bits per heavy atom. The van der Waals surface area contributed by atoms with Gasteiger partial charge in [-0.1, -0.05) is 24.3 Å². The molecule has 0 aliphatic carbocycles. The molecule has 1 aliphatic heterocycles. The number of amides is 1. The van der Waals surface area contributed by atoms with E-state index in [-0.39, 0.29) is 22.8 Å². The normalized spacial score (nSPS) is 14.5. The fourth-order valence-electron chi connectivity index (χ4n) is 3.54. The van der Waals surface area contributed by atoms with E-state index in [0.717, 1.165) is 16.2 Å². The second kappa shape index (κ2) is 8.70. The van der Waals surface area contributed by atoms with Gasteiger partial charge in [0.05, 0.1) is 22.4 Å². The highest BCUT2D eigenvalue weighted by atomic mass is 32.2. The first kappa shape index (κ1) is 21.6. The van der Waals surface area contributed by atoms with Crippen molar-refractivity contribution in [2.75, 3.05) is 48.2 Å². The minimum absolute atomic E-state index is 0.142. The van der Waals surface area contributed by atoms with E-state index in [1.54, 1.807) is 4.90 Å². The van der Waals surface area contributed by atoms with Crippen LogP contribution in [0.4, 0.5) is 17.1 Å². The van der Waals surface area contributed by atoms with Crippen molar-refractivity contribution in [3.05, 3.63) is 64.2 Å². The fourth-order valence-corrected chi connectivity index (χ4v) is 4.44. The molecule has 1 amide bonds. The number of benzene rings is 2.